The fourth-order valence-electron chi connectivity index (χ4n) is 2.35. The molecule has 0 N–H and O–H groups in total. The summed E-state index contributed by atoms with van der Waals surface area (Å²) in [4.78, 5) is 13.2. The van der Waals surface area contributed by atoms with Crippen molar-refractivity contribution in [2.75, 3.05) is 20.2 Å². The van der Waals surface area contributed by atoms with E-state index in [4.69, 9.17) is 4.74 Å². The summed E-state index contributed by atoms with van der Waals surface area (Å²) in [7, 11) is 1.68. The van der Waals surface area contributed by atoms with Crippen molar-refractivity contribution in [2.45, 2.75) is 25.8 Å². The van der Waals surface area contributed by atoms with Gasteiger partial charge in [0.05, 0.1) is 7.11 Å². The molecule has 1 saturated heterocycles. The van der Waals surface area contributed by atoms with Crippen molar-refractivity contribution in [1.29, 1.82) is 0 Å². The number of hydrogen-bond acceptors (Lipinski definition) is 3. The van der Waals surface area contributed by atoms with E-state index in [1.54, 1.807) is 13.2 Å². The molecular formula is C14H20ClNO2. The third kappa shape index (κ3) is 3.72. The summed E-state index contributed by atoms with van der Waals surface area (Å²) in [6, 6.07) is 5.61. The van der Waals surface area contributed by atoms with Crippen LogP contribution in [-0.2, 0) is 6.54 Å². The molecule has 2 rings (SSSR count). The summed E-state index contributed by atoms with van der Waals surface area (Å²) in [5, 5.41) is 0. The molecule has 0 radical (unpaired) electrons. The fraction of sp³-hybridized carbons (Fsp3) is 0.500. The summed E-state index contributed by atoms with van der Waals surface area (Å²) in [5.74, 6) is 0.876. The highest BCUT2D eigenvalue weighted by molar-refractivity contribution is 5.85. The number of nitrogens with zero attached hydrogens (tertiary/aromatic N) is 1. The Morgan fingerprint density at radius 1 is 1.28 bits per heavy atom. The van der Waals surface area contributed by atoms with E-state index in [0.717, 1.165) is 42.8 Å². The van der Waals surface area contributed by atoms with E-state index >= 15 is 0 Å². The molecule has 0 aromatic heterocycles. The van der Waals surface area contributed by atoms with Crippen molar-refractivity contribution in [2.24, 2.45) is 0 Å². The van der Waals surface area contributed by atoms with Crippen LogP contribution in [-0.4, -0.2) is 31.4 Å². The first-order valence-electron chi connectivity index (χ1n) is 6.18. The van der Waals surface area contributed by atoms with Gasteiger partial charge in [0.25, 0.3) is 0 Å². The van der Waals surface area contributed by atoms with Gasteiger partial charge in [-0.1, -0.05) is 6.42 Å². The summed E-state index contributed by atoms with van der Waals surface area (Å²) in [5.41, 5.74) is 1.83. The molecule has 4 heteroatoms. The Labute approximate surface area is 115 Å². The molecule has 0 atom stereocenters. The molecule has 0 saturated carbocycles. The average Bonchev–Trinajstić information content (AvgIpc) is 2.40. The van der Waals surface area contributed by atoms with Crippen LogP contribution in [0.25, 0.3) is 0 Å². The van der Waals surface area contributed by atoms with Gasteiger partial charge in [0, 0.05) is 17.7 Å². The standard InChI is InChI=1S/C14H19NO2.ClH/c1-17-14-6-5-12(11-16)9-13(14)10-15-7-3-2-4-8-15;/h5-6,9,11H,2-4,7-8,10H2,1H3;1H. The normalized spacial score (nSPS) is 15.8. The molecule has 100 valence electrons. The smallest absolute Gasteiger partial charge is 0.150 e. The Morgan fingerprint density at radius 2 is 2.00 bits per heavy atom. The summed E-state index contributed by atoms with van der Waals surface area (Å²) in [6.45, 7) is 3.17. The van der Waals surface area contributed by atoms with Gasteiger partial charge in [-0.15, -0.1) is 12.4 Å². The molecule has 3 nitrogen and oxygen atoms in total. The molecule has 0 bridgehead atoms. The van der Waals surface area contributed by atoms with Gasteiger partial charge in [-0.05, 0) is 44.1 Å². The van der Waals surface area contributed by atoms with Gasteiger partial charge in [-0.3, -0.25) is 9.69 Å². The van der Waals surface area contributed by atoms with E-state index in [2.05, 4.69) is 4.90 Å². The number of benzene rings is 1. The molecule has 18 heavy (non-hydrogen) atoms. The highest BCUT2D eigenvalue weighted by Crippen LogP contribution is 2.22. The van der Waals surface area contributed by atoms with Crippen molar-refractivity contribution in [3.05, 3.63) is 29.3 Å². The molecule has 1 aromatic carbocycles. The lowest BCUT2D eigenvalue weighted by molar-refractivity contribution is 0.112. The topological polar surface area (TPSA) is 29.5 Å². The van der Waals surface area contributed by atoms with Gasteiger partial charge in [0.2, 0.25) is 0 Å². The predicted molar refractivity (Wildman–Crippen MR) is 74.8 cm³/mol. The second-order valence-corrected chi connectivity index (χ2v) is 4.53. The first kappa shape index (κ1) is 15.0. The zero-order chi connectivity index (χ0) is 12.1. The van der Waals surface area contributed by atoms with E-state index in [9.17, 15) is 4.79 Å². The number of hydrogen-bond donors (Lipinski definition) is 0. The molecule has 1 heterocycles. The lowest BCUT2D eigenvalue weighted by atomic mass is 10.1. The highest BCUT2D eigenvalue weighted by atomic mass is 35.5. The van der Waals surface area contributed by atoms with Crippen LogP contribution < -0.4 is 4.74 Å². The van der Waals surface area contributed by atoms with Gasteiger partial charge in [-0.2, -0.15) is 0 Å². The number of halogens is 1. The van der Waals surface area contributed by atoms with Gasteiger partial charge in [0.15, 0.2) is 0 Å². The molecule has 0 aliphatic carbocycles. The average molecular weight is 270 g/mol. The number of ether oxygens (including phenoxy) is 1. The molecule has 0 unspecified atom stereocenters. The van der Waals surface area contributed by atoms with E-state index in [0.29, 0.717) is 0 Å². The number of carbonyl (C=O) groups is 1. The minimum atomic E-state index is 0. The third-order valence-corrected chi connectivity index (χ3v) is 3.28. The first-order chi connectivity index (χ1) is 8.33. The van der Waals surface area contributed by atoms with Crippen molar-refractivity contribution < 1.29 is 9.53 Å². The van der Waals surface area contributed by atoms with E-state index in [-0.39, 0.29) is 12.4 Å². The Morgan fingerprint density at radius 3 is 2.61 bits per heavy atom. The van der Waals surface area contributed by atoms with Crippen LogP contribution >= 0.6 is 12.4 Å². The number of piperidine rings is 1. The zero-order valence-electron chi connectivity index (χ0n) is 10.7. The summed E-state index contributed by atoms with van der Waals surface area (Å²) < 4.78 is 5.34. The third-order valence-electron chi connectivity index (χ3n) is 3.28. The summed E-state index contributed by atoms with van der Waals surface area (Å²) >= 11 is 0. The maximum Gasteiger partial charge on any atom is 0.150 e. The van der Waals surface area contributed by atoms with Crippen LogP contribution in [0.2, 0.25) is 0 Å². The van der Waals surface area contributed by atoms with Gasteiger partial charge in [-0.25, -0.2) is 0 Å². The quantitative estimate of drug-likeness (QED) is 0.787. The molecule has 0 spiro atoms. The van der Waals surface area contributed by atoms with Crippen LogP contribution in [0, 0.1) is 0 Å². The highest BCUT2D eigenvalue weighted by Gasteiger charge is 2.13. The molecule has 1 aromatic rings. The number of rotatable bonds is 4. The fourth-order valence-corrected chi connectivity index (χ4v) is 2.35. The molecule has 0 amide bonds. The van der Waals surface area contributed by atoms with Crippen LogP contribution in [0.15, 0.2) is 18.2 Å². The minimum Gasteiger partial charge on any atom is -0.496 e. The number of methoxy groups -OCH3 is 1. The molecule has 1 aliphatic rings. The Hall–Kier alpha value is -1.06. The molecular weight excluding hydrogens is 250 g/mol. The summed E-state index contributed by atoms with van der Waals surface area (Å²) in [6.07, 6.45) is 4.77. The van der Waals surface area contributed by atoms with Crippen LogP contribution in [0.4, 0.5) is 0 Å². The van der Waals surface area contributed by atoms with Gasteiger partial charge in [0.1, 0.15) is 12.0 Å². The van der Waals surface area contributed by atoms with Crippen molar-refractivity contribution in [1.82, 2.24) is 4.90 Å². The Bertz CT molecular complexity index is 389. The Kier molecular flexibility index (Phi) is 6.16. The van der Waals surface area contributed by atoms with Crippen molar-refractivity contribution in [3.8, 4) is 5.75 Å². The number of likely N-dealkylation sites (tertiary alicyclic amines) is 1. The van der Waals surface area contributed by atoms with Gasteiger partial charge < -0.3 is 4.74 Å². The van der Waals surface area contributed by atoms with Gasteiger partial charge >= 0.3 is 0 Å². The second kappa shape index (κ2) is 7.39. The SMILES string of the molecule is COc1ccc(C=O)cc1CN1CCCCC1.Cl. The van der Waals surface area contributed by atoms with Crippen molar-refractivity contribution >= 4 is 18.7 Å². The largest absolute Gasteiger partial charge is 0.496 e. The van der Waals surface area contributed by atoms with Crippen LogP contribution in [0.1, 0.15) is 35.2 Å². The van der Waals surface area contributed by atoms with Crippen molar-refractivity contribution in [3.63, 3.8) is 0 Å². The van der Waals surface area contributed by atoms with E-state index in [1.165, 1.54) is 19.3 Å². The van der Waals surface area contributed by atoms with E-state index < -0.39 is 0 Å². The molecule has 1 fully saturated rings. The molecule has 1 aliphatic heterocycles. The first-order valence-corrected chi connectivity index (χ1v) is 6.18. The predicted octanol–water partition coefficient (Wildman–Crippen LogP) is 2.92. The monoisotopic (exact) mass is 269 g/mol. The lowest BCUT2D eigenvalue weighted by Gasteiger charge is -2.27. The van der Waals surface area contributed by atoms with Crippen LogP contribution in [0.5, 0.6) is 5.75 Å². The number of aldehydes is 1. The van der Waals surface area contributed by atoms with E-state index in [1.807, 2.05) is 12.1 Å². The maximum absolute atomic E-state index is 10.8. The second-order valence-electron chi connectivity index (χ2n) is 4.53. The lowest BCUT2D eigenvalue weighted by Crippen LogP contribution is -2.29. The Balaban J connectivity index is 0.00000162. The zero-order valence-corrected chi connectivity index (χ0v) is 11.5. The minimum absolute atomic E-state index is 0. The van der Waals surface area contributed by atoms with Crippen LogP contribution in [0.3, 0.4) is 0 Å². The maximum atomic E-state index is 10.8. The number of carbonyl (C=O) groups excluding carboxylic acids is 1.